The second kappa shape index (κ2) is 7.79. The average Bonchev–Trinajstić information content (AvgIpc) is 2.37. The maximum absolute atomic E-state index is 12.8. The number of likely N-dealkylation sites (N-methyl/N-ethyl adjacent to an activating group) is 1. The quantitative estimate of drug-likeness (QED) is 0.785. The minimum absolute atomic E-state index is 0.359. The Morgan fingerprint density at radius 2 is 1.77 bits per heavy atom. The summed E-state index contributed by atoms with van der Waals surface area (Å²) in [7, 11) is 3.65. The van der Waals surface area contributed by atoms with Crippen molar-refractivity contribution in [3.05, 3.63) is 29.8 Å². The van der Waals surface area contributed by atoms with Crippen LogP contribution in [0.1, 0.15) is 12.0 Å². The highest BCUT2D eigenvalue weighted by molar-refractivity contribution is 6.03. The van der Waals surface area contributed by atoms with E-state index in [1.165, 1.54) is 12.1 Å². The summed E-state index contributed by atoms with van der Waals surface area (Å²) in [6, 6.07) is 4.62. The fraction of sp³-hybridized carbons (Fsp3) is 0.429. The van der Waals surface area contributed by atoms with Gasteiger partial charge in [-0.25, -0.2) is 0 Å². The third-order valence-corrected chi connectivity index (χ3v) is 2.71. The predicted octanol–water partition coefficient (Wildman–Crippen LogP) is 1.71. The molecule has 0 aliphatic carbocycles. The van der Waals surface area contributed by atoms with Crippen molar-refractivity contribution in [3.8, 4) is 0 Å². The van der Waals surface area contributed by atoms with Crippen LogP contribution in [0.5, 0.6) is 0 Å². The number of nitrogens with zero attached hydrogens (tertiary/aromatic N) is 1. The fourth-order valence-corrected chi connectivity index (χ4v) is 1.66. The minimum Gasteiger partial charge on any atom is -0.354 e. The van der Waals surface area contributed by atoms with Crippen molar-refractivity contribution in [3.63, 3.8) is 0 Å². The summed E-state index contributed by atoms with van der Waals surface area (Å²) in [5, 5.41) is 4.63. The Bertz CT molecular complexity index is 530. The van der Waals surface area contributed by atoms with Crippen molar-refractivity contribution >= 4 is 17.5 Å². The zero-order valence-corrected chi connectivity index (χ0v) is 12.3. The molecule has 0 heterocycles. The Labute approximate surface area is 126 Å². The molecule has 0 saturated carbocycles. The van der Waals surface area contributed by atoms with E-state index < -0.39 is 30.0 Å². The molecule has 0 atom stereocenters. The van der Waals surface area contributed by atoms with Gasteiger partial charge < -0.3 is 15.5 Å². The average molecular weight is 317 g/mol. The number of nitrogens with one attached hydrogen (secondary N) is 2. The highest BCUT2D eigenvalue weighted by atomic mass is 19.4. The van der Waals surface area contributed by atoms with Crippen molar-refractivity contribution in [1.82, 2.24) is 10.2 Å². The Kier molecular flexibility index (Phi) is 6.36. The molecular weight excluding hydrogens is 299 g/mol. The number of rotatable bonds is 6. The SMILES string of the molecule is CN(C)CCNC(=O)CC(=O)Nc1ccccc1C(F)(F)F. The second-order valence-electron chi connectivity index (χ2n) is 4.92. The summed E-state index contributed by atoms with van der Waals surface area (Å²) in [5.74, 6) is -1.33. The smallest absolute Gasteiger partial charge is 0.354 e. The first-order chi connectivity index (χ1) is 10.2. The molecule has 0 radical (unpaired) electrons. The molecule has 2 amide bonds. The lowest BCUT2D eigenvalue weighted by molar-refractivity contribution is -0.137. The molecule has 0 spiro atoms. The summed E-state index contributed by atoms with van der Waals surface area (Å²) in [5.41, 5.74) is -1.31. The van der Waals surface area contributed by atoms with E-state index in [4.69, 9.17) is 0 Å². The standard InChI is InChI=1S/C14H18F3N3O2/c1-20(2)8-7-18-12(21)9-13(22)19-11-6-4-3-5-10(11)14(15,16)17/h3-6H,7-9H2,1-2H3,(H,18,21)(H,19,22). The van der Waals surface area contributed by atoms with E-state index in [-0.39, 0.29) is 5.69 Å². The summed E-state index contributed by atoms with van der Waals surface area (Å²) in [6.45, 7) is 0.961. The monoisotopic (exact) mass is 317 g/mol. The van der Waals surface area contributed by atoms with Crippen molar-refractivity contribution in [2.24, 2.45) is 0 Å². The normalized spacial score (nSPS) is 11.4. The Morgan fingerprint density at radius 3 is 2.36 bits per heavy atom. The van der Waals surface area contributed by atoms with Crippen LogP contribution in [0.15, 0.2) is 24.3 Å². The molecule has 1 aromatic carbocycles. The lowest BCUT2D eigenvalue weighted by Crippen LogP contribution is -2.33. The molecule has 5 nitrogen and oxygen atoms in total. The van der Waals surface area contributed by atoms with Gasteiger partial charge in [0.05, 0.1) is 11.3 Å². The number of para-hydroxylation sites is 1. The molecule has 0 bridgehead atoms. The first-order valence-corrected chi connectivity index (χ1v) is 6.57. The van der Waals surface area contributed by atoms with Gasteiger partial charge in [0.2, 0.25) is 11.8 Å². The van der Waals surface area contributed by atoms with Crippen LogP contribution in [0.3, 0.4) is 0 Å². The van der Waals surface area contributed by atoms with Gasteiger partial charge in [-0.15, -0.1) is 0 Å². The summed E-state index contributed by atoms with van der Waals surface area (Å²) >= 11 is 0. The van der Waals surface area contributed by atoms with Crippen LogP contribution >= 0.6 is 0 Å². The summed E-state index contributed by atoms with van der Waals surface area (Å²) in [6.07, 6.45) is -5.10. The number of carbonyl (C=O) groups is 2. The predicted molar refractivity (Wildman–Crippen MR) is 76.3 cm³/mol. The minimum atomic E-state index is -4.57. The van der Waals surface area contributed by atoms with Gasteiger partial charge in [0.15, 0.2) is 0 Å². The first-order valence-electron chi connectivity index (χ1n) is 6.57. The van der Waals surface area contributed by atoms with Gasteiger partial charge >= 0.3 is 6.18 Å². The third kappa shape index (κ3) is 6.13. The molecule has 22 heavy (non-hydrogen) atoms. The van der Waals surface area contributed by atoms with Crippen LogP contribution in [-0.4, -0.2) is 43.9 Å². The number of carbonyl (C=O) groups excluding carboxylic acids is 2. The molecule has 122 valence electrons. The van der Waals surface area contributed by atoms with Gasteiger partial charge in [-0.2, -0.15) is 13.2 Å². The summed E-state index contributed by atoms with van der Waals surface area (Å²) < 4.78 is 38.3. The number of hydrogen-bond donors (Lipinski definition) is 2. The van der Waals surface area contributed by atoms with Crippen LogP contribution in [0.4, 0.5) is 18.9 Å². The molecule has 8 heteroatoms. The van der Waals surface area contributed by atoms with Crippen molar-refractivity contribution < 1.29 is 22.8 Å². The largest absolute Gasteiger partial charge is 0.418 e. The number of amides is 2. The number of benzene rings is 1. The van der Waals surface area contributed by atoms with Crippen LogP contribution in [0, 0.1) is 0 Å². The van der Waals surface area contributed by atoms with Crippen molar-refractivity contribution in [1.29, 1.82) is 0 Å². The maximum atomic E-state index is 12.8. The van der Waals surface area contributed by atoms with Gasteiger partial charge in [-0.1, -0.05) is 12.1 Å². The molecule has 1 rings (SSSR count). The van der Waals surface area contributed by atoms with Crippen LogP contribution in [0.25, 0.3) is 0 Å². The van der Waals surface area contributed by atoms with E-state index >= 15 is 0 Å². The lowest BCUT2D eigenvalue weighted by atomic mass is 10.1. The maximum Gasteiger partial charge on any atom is 0.418 e. The van der Waals surface area contributed by atoms with E-state index in [0.29, 0.717) is 13.1 Å². The van der Waals surface area contributed by atoms with E-state index in [1.54, 1.807) is 0 Å². The topological polar surface area (TPSA) is 61.4 Å². The zero-order valence-electron chi connectivity index (χ0n) is 12.3. The van der Waals surface area contributed by atoms with Gasteiger partial charge in [0.1, 0.15) is 6.42 Å². The van der Waals surface area contributed by atoms with Crippen molar-refractivity contribution in [2.75, 3.05) is 32.5 Å². The highest BCUT2D eigenvalue weighted by Crippen LogP contribution is 2.34. The van der Waals surface area contributed by atoms with Gasteiger partial charge in [-0.05, 0) is 26.2 Å². The lowest BCUT2D eigenvalue weighted by Gasteiger charge is -2.13. The second-order valence-corrected chi connectivity index (χ2v) is 4.92. The molecule has 0 aliphatic rings. The zero-order chi connectivity index (χ0) is 16.8. The number of halogens is 3. The molecular formula is C14H18F3N3O2. The Morgan fingerprint density at radius 1 is 1.14 bits per heavy atom. The van der Waals surface area contributed by atoms with E-state index in [1.807, 2.05) is 19.0 Å². The molecule has 0 unspecified atom stereocenters. The molecule has 0 aliphatic heterocycles. The summed E-state index contributed by atoms with van der Waals surface area (Å²) in [4.78, 5) is 25.0. The number of alkyl halides is 3. The molecule has 1 aromatic rings. The fourth-order valence-electron chi connectivity index (χ4n) is 1.66. The van der Waals surface area contributed by atoms with Crippen LogP contribution in [-0.2, 0) is 15.8 Å². The third-order valence-electron chi connectivity index (χ3n) is 2.71. The van der Waals surface area contributed by atoms with Crippen LogP contribution < -0.4 is 10.6 Å². The number of anilines is 1. The van der Waals surface area contributed by atoms with E-state index in [9.17, 15) is 22.8 Å². The molecule has 0 saturated heterocycles. The first kappa shape index (κ1) is 18.0. The molecule has 0 fully saturated rings. The van der Waals surface area contributed by atoms with Gasteiger partial charge in [-0.3, -0.25) is 9.59 Å². The molecule has 0 aromatic heterocycles. The van der Waals surface area contributed by atoms with Crippen molar-refractivity contribution in [2.45, 2.75) is 12.6 Å². The van der Waals surface area contributed by atoms with Crippen LogP contribution in [0.2, 0.25) is 0 Å². The van der Waals surface area contributed by atoms with Gasteiger partial charge in [0, 0.05) is 13.1 Å². The van der Waals surface area contributed by atoms with E-state index in [2.05, 4.69) is 10.6 Å². The van der Waals surface area contributed by atoms with Gasteiger partial charge in [0.25, 0.3) is 0 Å². The highest BCUT2D eigenvalue weighted by Gasteiger charge is 2.33. The number of hydrogen-bond acceptors (Lipinski definition) is 3. The Balaban J connectivity index is 2.57. The molecule has 2 N–H and O–H groups in total. The van der Waals surface area contributed by atoms with E-state index in [0.717, 1.165) is 12.1 Å². The Hall–Kier alpha value is -2.09.